The highest BCUT2D eigenvalue weighted by Gasteiger charge is 2.03. The topological polar surface area (TPSA) is 80.4 Å². The predicted molar refractivity (Wildman–Crippen MR) is 53.7 cm³/mol. The third-order valence-electron chi connectivity index (χ3n) is 1.66. The van der Waals surface area contributed by atoms with Crippen LogP contribution in [0.2, 0.25) is 0 Å². The molecule has 80 valence electrons. The zero-order valence-electron chi connectivity index (χ0n) is 8.20. The largest absolute Gasteiger partial charge is 0.350 e. The average Bonchev–Trinajstić information content (AvgIpc) is 2.21. The molecule has 0 saturated heterocycles. The summed E-state index contributed by atoms with van der Waals surface area (Å²) in [6.45, 7) is 1.84. The standard InChI is InChI=1S/C9H11FN4O/c1-2-7(13-14-9(11)15)8-4-3-6(10)5-12-8/h3-5H,2H2,1H3,(H3,11,14,15)/b13-7-. The van der Waals surface area contributed by atoms with E-state index in [1.54, 1.807) is 0 Å². The fourth-order valence-electron chi connectivity index (χ4n) is 0.987. The van der Waals surface area contributed by atoms with Gasteiger partial charge in [-0.05, 0) is 18.6 Å². The molecule has 6 heteroatoms. The maximum Gasteiger partial charge on any atom is 0.332 e. The number of carbonyl (C=O) groups excluding carboxylic acids is 1. The maximum atomic E-state index is 12.6. The van der Waals surface area contributed by atoms with Crippen LogP contribution in [0.1, 0.15) is 19.0 Å². The lowest BCUT2D eigenvalue weighted by Gasteiger charge is -2.02. The van der Waals surface area contributed by atoms with Gasteiger partial charge < -0.3 is 5.73 Å². The van der Waals surface area contributed by atoms with Gasteiger partial charge >= 0.3 is 6.03 Å². The number of urea groups is 1. The molecule has 0 unspecified atom stereocenters. The van der Waals surface area contributed by atoms with Crippen LogP contribution in [0.3, 0.4) is 0 Å². The van der Waals surface area contributed by atoms with E-state index < -0.39 is 11.8 Å². The van der Waals surface area contributed by atoms with Crippen LogP contribution >= 0.6 is 0 Å². The van der Waals surface area contributed by atoms with Crippen molar-refractivity contribution >= 4 is 11.7 Å². The number of halogens is 1. The summed E-state index contributed by atoms with van der Waals surface area (Å²) in [5.74, 6) is -0.419. The van der Waals surface area contributed by atoms with Crippen molar-refractivity contribution in [3.8, 4) is 0 Å². The van der Waals surface area contributed by atoms with E-state index in [1.165, 1.54) is 12.1 Å². The molecule has 0 aromatic carbocycles. The molecule has 3 N–H and O–H groups in total. The Bertz CT molecular complexity index is 374. The van der Waals surface area contributed by atoms with E-state index in [0.717, 1.165) is 6.20 Å². The van der Waals surface area contributed by atoms with Crippen LogP contribution in [0.25, 0.3) is 0 Å². The Morgan fingerprint density at radius 2 is 2.40 bits per heavy atom. The highest BCUT2D eigenvalue weighted by molar-refractivity contribution is 5.99. The molecule has 0 saturated carbocycles. The number of pyridine rings is 1. The number of nitrogens with two attached hydrogens (primary N) is 1. The van der Waals surface area contributed by atoms with Gasteiger partial charge in [0.1, 0.15) is 5.82 Å². The number of amides is 2. The van der Waals surface area contributed by atoms with Crippen LogP contribution in [-0.4, -0.2) is 16.7 Å². The molecule has 0 spiro atoms. The summed E-state index contributed by atoms with van der Waals surface area (Å²) >= 11 is 0. The van der Waals surface area contributed by atoms with Crippen LogP contribution in [0.15, 0.2) is 23.4 Å². The van der Waals surface area contributed by atoms with Gasteiger partial charge in [-0.25, -0.2) is 14.6 Å². The Labute approximate surface area is 86.2 Å². The Balaban J connectivity index is 2.87. The Morgan fingerprint density at radius 3 is 2.87 bits per heavy atom. The lowest BCUT2D eigenvalue weighted by Crippen LogP contribution is -2.26. The summed E-state index contributed by atoms with van der Waals surface area (Å²) in [5, 5.41) is 3.75. The van der Waals surface area contributed by atoms with Crippen molar-refractivity contribution in [1.29, 1.82) is 0 Å². The summed E-state index contributed by atoms with van der Waals surface area (Å²) in [7, 11) is 0. The summed E-state index contributed by atoms with van der Waals surface area (Å²) in [6.07, 6.45) is 1.64. The van der Waals surface area contributed by atoms with Gasteiger partial charge in [0.05, 0.1) is 17.6 Å². The van der Waals surface area contributed by atoms with Gasteiger partial charge in [0.15, 0.2) is 0 Å². The second-order valence-corrected chi connectivity index (χ2v) is 2.75. The van der Waals surface area contributed by atoms with Crippen molar-refractivity contribution in [1.82, 2.24) is 10.4 Å². The third-order valence-corrected chi connectivity index (χ3v) is 1.66. The Hall–Kier alpha value is -1.98. The van der Waals surface area contributed by atoms with Gasteiger partial charge in [-0.1, -0.05) is 6.92 Å². The predicted octanol–water partition coefficient (Wildman–Crippen LogP) is 1.00. The number of carbonyl (C=O) groups is 1. The van der Waals surface area contributed by atoms with E-state index in [4.69, 9.17) is 5.73 Å². The van der Waals surface area contributed by atoms with Crippen LogP contribution in [0.5, 0.6) is 0 Å². The fraction of sp³-hybridized carbons (Fsp3) is 0.222. The Kier molecular flexibility index (Phi) is 3.73. The van der Waals surface area contributed by atoms with Crippen LogP contribution < -0.4 is 11.2 Å². The minimum atomic E-state index is -0.747. The van der Waals surface area contributed by atoms with Crippen molar-refractivity contribution in [2.45, 2.75) is 13.3 Å². The second kappa shape index (κ2) is 5.04. The Morgan fingerprint density at radius 1 is 1.67 bits per heavy atom. The van der Waals surface area contributed by atoms with Crippen molar-refractivity contribution < 1.29 is 9.18 Å². The van der Waals surface area contributed by atoms with Crippen molar-refractivity contribution in [2.24, 2.45) is 10.8 Å². The third kappa shape index (κ3) is 3.34. The minimum absolute atomic E-state index is 0.419. The summed E-state index contributed by atoms with van der Waals surface area (Å²) in [4.78, 5) is 14.3. The maximum absolute atomic E-state index is 12.6. The average molecular weight is 210 g/mol. The van der Waals surface area contributed by atoms with E-state index >= 15 is 0 Å². The van der Waals surface area contributed by atoms with Gasteiger partial charge in [0.2, 0.25) is 0 Å². The molecule has 0 bridgehead atoms. The lowest BCUT2D eigenvalue weighted by atomic mass is 10.2. The fourth-order valence-corrected chi connectivity index (χ4v) is 0.987. The van der Waals surface area contributed by atoms with Gasteiger partial charge in [-0.2, -0.15) is 5.10 Å². The van der Waals surface area contributed by atoms with Crippen molar-refractivity contribution in [2.75, 3.05) is 0 Å². The first-order chi connectivity index (χ1) is 7.13. The number of primary amides is 1. The number of hydrogen-bond donors (Lipinski definition) is 2. The summed E-state index contributed by atoms with van der Waals surface area (Å²) in [6, 6.07) is 2.01. The number of aromatic nitrogens is 1. The van der Waals surface area contributed by atoms with Gasteiger partial charge in [-0.15, -0.1) is 0 Å². The molecule has 1 aromatic rings. The molecular weight excluding hydrogens is 199 g/mol. The zero-order chi connectivity index (χ0) is 11.3. The molecule has 0 aliphatic heterocycles. The first-order valence-electron chi connectivity index (χ1n) is 4.37. The monoisotopic (exact) mass is 210 g/mol. The SMILES string of the molecule is CC/C(=N/NC(N)=O)c1ccc(F)cn1. The van der Waals surface area contributed by atoms with Crippen molar-refractivity contribution in [3.05, 3.63) is 29.8 Å². The van der Waals surface area contributed by atoms with Crippen LogP contribution in [0, 0.1) is 5.82 Å². The van der Waals surface area contributed by atoms with Crippen LogP contribution in [0.4, 0.5) is 9.18 Å². The molecule has 0 radical (unpaired) electrons. The normalized spacial score (nSPS) is 11.2. The quantitative estimate of drug-likeness (QED) is 0.576. The van der Waals surface area contributed by atoms with E-state index in [9.17, 15) is 9.18 Å². The summed E-state index contributed by atoms with van der Waals surface area (Å²) in [5.41, 5.74) is 8.01. The molecule has 1 aromatic heterocycles. The van der Waals surface area contributed by atoms with Crippen molar-refractivity contribution in [3.63, 3.8) is 0 Å². The number of nitrogens with zero attached hydrogens (tertiary/aromatic N) is 2. The molecule has 0 aliphatic rings. The first-order valence-corrected chi connectivity index (χ1v) is 4.37. The van der Waals surface area contributed by atoms with Crippen LogP contribution in [-0.2, 0) is 0 Å². The highest BCUT2D eigenvalue weighted by atomic mass is 19.1. The number of hydrazone groups is 1. The molecule has 0 aliphatic carbocycles. The smallest absolute Gasteiger partial charge is 0.332 e. The minimum Gasteiger partial charge on any atom is -0.350 e. The molecule has 0 fully saturated rings. The number of rotatable bonds is 3. The van der Waals surface area contributed by atoms with E-state index in [-0.39, 0.29) is 0 Å². The first kappa shape index (κ1) is 11.1. The zero-order valence-corrected chi connectivity index (χ0v) is 8.20. The summed E-state index contributed by atoms with van der Waals surface area (Å²) < 4.78 is 12.6. The molecule has 1 heterocycles. The molecule has 0 atom stereocenters. The van der Waals surface area contributed by atoms with Gasteiger partial charge in [0, 0.05) is 0 Å². The number of nitrogens with one attached hydrogen (secondary N) is 1. The number of hydrogen-bond acceptors (Lipinski definition) is 3. The molecular formula is C9H11FN4O. The molecule has 5 nitrogen and oxygen atoms in total. The highest BCUT2D eigenvalue weighted by Crippen LogP contribution is 2.02. The lowest BCUT2D eigenvalue weighted by molar-refractivity contribution is 0.249. The van der Waals surface area contributed by atoms with E-state index in [1.807, 2.05) is 6.92 Å². The van der Waals surface area contributed by atoms with E-state index in [2.05, 4.69) is 15.5 Å². The van der Waals surface area contributed by atoms with Gasteiger partial charge in [-0.3, -0.25) is 4.98 Å². The van der Waals surface area contributed by atoms with E-state index in [0.29, 0.717) is 17.8 Å². The molecule has 1 rings (SSSR count). The van der Waals surface area contributed by atoms with Gasteiger partial charge in [0.25, 0.3) is 0 Å². The molecule has 15 heavy (non-hydrogen) atoms. The molecule has 2 amide bonds. The second-order valence-electron chi connectivity index (χ2n) is 2.75.